The molecule has 2 aliphatic heterocycles. The van der Waals surface area contributed by atoms with Crippen molar-refractivity contribution in [2.45, 2.75) is 51.2 Å². The number of hydrogen-bond acceptors (Lipinski definition) is 5. The van der Waals surface area contributed by atoms with Crippen LogP contribution in [0.1, 0.15) is 49.4 Å². The van der Waals surface area contributed by atoms with Crippen LogP contribution >= 0.6 is 0 Å². The zero-order valence-corrected chi connectivity index (χ0v) is 15.3. The third kappa shape index (κ3) is 4.97. The fourth-order valence-corrected chi connectivity index (χ4v) is 3.41. The minimum atomic E-state index is -0.492. The summed E-state index contributed by atoms with van der Waals surface area (Å²) in [5, 5.41) is 0. The highest BCUT2D eigenvalue weighted by Gasteiger charge is 2.24. The van der Waals surface area contributed by atoms with Gasteiger partial charge < -0.3 is 19.1 Å². The first-order valence-electron chi connectivity index (χ1n) is 9.44. The van der Waals surface area contributed by atoms with E-state index in [1.54, 1.807) is 29.2 Å². The minimum absolute atomic E-state index is 0.123. The van der Waals surface area contributed by atoms with Gasteiger partial charge in [-0.25, -0.2) is 4.79 Å². The van der Waals surface area contributed by atoms with E-state index in [0.717, 1.165) is 45.3 Å². The average Bonchev–Trinajstić information content (AvgIpc) is 3.18. The number of likely N-dealkylation sites (tertiary alicyclic amines) is 1. The van der Waals surface area contributed by atoms with E-state index in [9.17, 15) is 9.59 Å². The molecule has 2 unspecified atom stereocenters. The molecule has 0 N–H and O–H groups in total. The Bertz CT molecular complexity index is 609. The number of piperidine rings is 1. The van der Waals surface area contributed by atoms with Crippen LogP contribution in [-0.4, -0.2) is 55.3 Å². The Kier molecular flexibility index (Phi) is 6.50. The molecule has 0 aliphatic carbocycles. The Labute approximate surface area is 154 Å². The maximum absolute atomic E-state index is 12.2. The summed E-state index contributed by atoms with van der Waals surface area (Å²) in [7, 11) is 0. The number of hydrogen-bond donors (Lipinski definition) is 0. The van der Waals surface area contributed by atoms with Crippen molar-refractivity contribution in [3.63, 3.8) is 0 Å². The first-order chi connectivity index (χ1) is 12.6. The van der Waals surface area contributed by atoms with Crippen LogP contribution in [-0.2, 0) is 14.3 Å². The molecule has 0 saturated carbocycles. The van der Waals surface area contributed by atoms with Gasteiger partial charge >= 0.3 is 5.97 Å². The van der Waals surface area contributed by atoms with Crippen LogP contribution in [0, 0.1) is 0 Å². The Morgan fingerprint density at radius 1 is 1.15 bits per heavy atom. The van der Waals surface area contributed by atoms with Gasteiger partial charge in [0.2, 0.25) is 0 Å². The van der Waals surface area contributed by atoms with Gasteiger partial charge in [-0.1, -0.05) is 0 Å². The highest BCUT2D eigenvalue weighted by molar-refractivity contribution is 5.91. The standard InChI is InChI=1S/C20H27NO5/c1-15-5-2-3-11-21(15)19(22)14-26-20(23)16-7-9-17(10-8-16)25-13-18-6-4-12-24-18/h7-10,15,18H,2-6,11-14H2,1H3. The lowest BCUT2D eigenvalue weighted by Crippen LogP contribution is -2.44. The molecular formula is C20H27NO5. The Morgan fingerprint density at radius 3 is 2.65 bits per heavy atom. The van der Waals surface area contributed by atoms with Crippen LogP contribution in [0.25, 0.3) is 0 Å². The molecule has 1 amide bonds. The fourth-order valence-electron chi connectivity index (χ4n) is 3.41. The molecule has 0 aromatic heterocycles. The number of benzene rings is 1. The summed E-state index contributed by atoms with van der Waals surface area (Å²) in [6.45, 7) is 3.89. The summed E-state index contributed by atoms with van der Waals surface area (Å²) < 4.78 is 16.4. The van der Waals surface area contributed by atoms with E-state index in [-0.39, 0.29) is 24.7 Å². The zero-order valence-electron chi connectivity index (χ0n) is 15.3. The van der Waals surface area contributed by atoms with E-state index < -0.39 is 5.97 Å². The van der Waals surface area contributed by atoms with E-state index in [0.29, 0.717) is 17.9 Å². The number of rotatable bonds is 6. The third-order valence-corrected chi connectivity index (χ3v) is 5.00. The highest BCUT2D eigenvalue weighted by atomic mass is 16.5. The summed E-state index contributed by atoms with van der Waals surface area (Å²) in [6.07, 6.45) is 5.42. The van der Waals surface area contributed by atoms with Gasteiger partial charge in [-0.15, -0.1) is 0 Å². The first-order valence-corrected chi connectivity index (χ1v) is 9.44. The number of carbonyl (C=O) groups excluding carboxylic acids is 2. The molecule has 2 saturated heterocycles. The topological polar surface area (TPSA) is 65.1 Å². The molecule has 6 heteroatoms. The van der Waals surface area contributed by atoms with Crippen molar-refractivity contribution in [1.29, 1.82) is 0 Å². The van der Waals surface area contributed by atoms with Crippen LogP contribution in [0.3, 0.4) is 0 Å². The second kappa shape index (κ2) is 9.03. The molecule has 6 nitrogen and oxygen atoms in total. The van der Waals surface area contributed by atoms with Gasteiger partial charge in [0, 0.05) is 19.2 Å². The van der Waals surface area contributed by atoms with E-state index in [2.05, 4.69) is 0 Å². The summed E-state index contributed by atoms with van der Waals surface area (Å²) in [6, 6.07) is 7.00. The average molecular weight is 361 g/mol. The summed E-state index contributed by atoms with van der Waals surface area (Å²) in [5.74, 6) is 0.0750. The molecule has 1 aromatic rings. The van der Waals surface area contributed by atoms with E-state index in [1.807, 2.05) is 6.92 Å². The molecule has 142 valence electrons. The van der Waals surface area contributed by atoms with E-state index >= 15 is 0 Å². The number of carbonyl (C=O) groups is 2. The largest absolute Gasteiger partial charge is 0.491 e. The quantitative estimate of drug-likeness (QED) is 0.729. The molecule has 26 heavy (non-hydrogen) atoms. The Morgan fingerprint density at radius 2 is 1.96 bits per heavy atom. The van der Waals surface area contributed by atoms with Crippen LogP contribution in [0.15, 0.2) is 24.3 Å². The van der Waals surface area contributed by atoms with Gasteiger partial charge in [-0.2, -0.15) is 0 Å². The third-order valence-electron chi connectivity index (χ3n) is 5.00. The summed E-state index contributed by atoms with van der Waals surface area (Å²) >= 11 is 0. The zero-order chi connectivity index (χ0) is 18.4. The molecule has 2 aliphatic rings. The SMILES string of the molecule is CC1CCCCN1C(=O)COC(=O)c1ccc(OCC2CCCO2)cc1. The number of amides is 1. The van der Waals surface area contributed by atoms with Gasteiger partial charge in [0.05, 0.1) is 11.7 Å². The second-order valence-electron chi connectivity index (χ2n) is 6.98. The van der Waals surface area contributed by atoms with Crippen molar-refractivity contribution in [1.82, 2.24) is 4.90 Å². The molecule has 0 bridgehead atoms. The molecule has 1 aromatic carbocycles. The van der Waals surface area contributed by atoms with Crippen molar-refractivity contribution < 1.29 is 23.8 Å². The maximum atomic E-state index is 12.2. The van der Waals surface area contributed by atoms with Gasteiger partial charge in [0.1, 0.15) is 12.4 Å². The Hall–Kier alpha value is -2.08. The van der Waals surface area contributed by atoms with Crippen LogP contribution < -0.4 is 4.74 Å². The molecule has 2 fully saturated rings. The van der Waals surface area contributed by atoms with Crippen molar-refractivity contribution in [2.75, 3.05) is 26.4 Å². The van der Waals surface area contributed by atoms with Gasteiger partial charge in [0.25, 0.3) is 5.91 Å². The van der Waals surface area contributed by atoms with Crippen molar-refractivity contribution in [2.24, 2.45) is 0 Å². The van der Waals surface area contributed by atoms with Crippen molar-refractivity contribution in [3.05, 3.63) is 29.8 Å². The lowest BCUT2D eigenvalue weighted by molar-refractivity contribution is -0.137. The second-order valence-corrected chi connectivity index (χ2v) is 6.98. The summed E-state index contributed by atoms with van der Waals surface area (Å²) in [5.41, 5.74) is 0.411. The minimum Gasteiger partial charge on any atom is -0.491 e. The Balaban J connectivity index is 1.44. The van der Waals surface area contributed by atoms with Crippen molar-refractivity contribution >= 4 is 11.9 Å². The van der Waals surface area contributed by atoms with Gasteiger partial charge in [-0.3, -0.25) is 4.79 Å². The first kappa shape index (κ1) is 18.7. The van der Waals surface area contributed by atoms with Crippen LogP contribution in [0.4, 0.5) is 0 Å². The number of nitrogens with zero attached hydrogens (tertiary/aromatic N) is 1. The molecule has 3 rings (SSSR count). The monoisotopic (exact) mass is 361 g/mol. The lowest BCUT2D eigenvalue weighted by Gasteiger charge is -2.33. The van der Waals surface area contributed by atoms with E-state index in [1.165, 1.54) is 0 Å². The van der Waals surface area contributed by atoms with E-state index in [4.69, 9.17) is 14.2 Å². The van der Waals surface area contributed by atoms with Crippen LogP contribution in [0.5, 0.6) is 5.75 Å². The molecular weight excluding hydrogens is 334 g/mol. The smallest absolute Gasteiger partial charge is 0.338 e. The van der Waals surface area contributed by atoms with Crippen LogP contribution in [0.2, 0.25) is 0 Å². The van der Waals surface area contributed by atoms with Crippen molar-refractivity contribution in [3.8, 4) is 5.75 Å². The highest BCUT2D eigenvalue weighted by Crippen LogP contribution is 2.18. The van der Waals surface area contributed by atoms with Gasteiger partial charge in [0.15, 0.2) is 6.61 Å². The number of ether oxygens (including phenoxy) is 3. The normalized spacial score (nSPS) is 22.9. The number of esters is 1. The molecule has 0 radical (unpaired) electrons. The predicted octanol–water partition coefficient (Wildman–Crippen LogP) is 2.80. The molecule has 2 atom stereocenters. The fraction of sp³-hybridized carbons (Fsp3) is 0.600. The molecule has 0 spiro atoms. The summed E-state index contributed by atoms with van der Waals surface area (Å²) in [4.78, 5) is 26.2. The predicted molar refractivity (Wildman–Crippen MR) is 96.2 cm³/mol. The molecule has 2 heterocycles. The lowest BCUT2D eigenvalue weighted by atomic mass is 10.0. The maximum Gasteiger partial charge on any atom is 0.338 e. The van der Waals surface area contributed by atoms with Gasteiger partial charge in [-0.05, 0) is 63.3 Å².